The van der Waals surface area contributed by atoms with Crippen molar-refractivity contribution >= 4 is 16.8 Å². The van der Waals surface area contributed by atoms with Gasteiger partial charge in [0.05, 0.1) is 5.56 Å². The van der Waals surface area contributed by atoms with Crippen molar-refractivity contribution in [3.05, 3.63) is 36.0 Å². The topological polar surface area (TPSA) is 51.4 Å². The van der Waals surface area contributed by atoms with Crippen molar-refractivity contribution in [2.45, 2.75) is 31.0 Å². The number of aromatic amines is 1. The molecule has 2 N–H and O–H groups in total. The molecule has 1 amide bonds. The first-order valence-corrected chi connectivity index (χ1v) is 8.39. The minimum atomic E-state index is 0.0448. The van der Waals surface area contributed by atoms with Crippen molar-refractivity contribution in [2.24, 2.45) is 0 Å². The average molecular weight is 312 g/mol. The molecule has 2 aliphatic rings. The first kappa shape index (κ1) is 14.7. The summed E-state index contributed by atoms with van der Waals surface area (Å²) in [6.45, 7) is 2.18. The molecule has 2 atom stereocenters. The van der Waals surface area contributed by atoms with Crippen LogP contribution in [0.1, 0.15) is 23.2 Å². The molecule has 0 saturated carbocycles. The summed E-state index contributed by atoms with van der Waals surface area (Å²) in [5.41, 5.74) is 1.77. The molecular weight excluding hydrogens is 288 g/mol. The van der Waals surface area contributed by atoms with Gasteiger partial charge < -0.3 is 15.2 Å². The van der Waals surface area contributed by atoms with Crippen molar-refractivity contribution in [3.63, 3.8) is 0 Å². The minimum Gasteiger partial charge on any atom is -0.360 e. The zero-order valence-electron chi connectivity index (χ0n) is 13.7. The summed E-state index contributed by atoms with van der Waals surface area (Å²) in [5.74, 6) is 0.0448. The Morgan fingerprint density at radius 3 is 2.61 bits per heavy atom. The van der Waals surface area contributed by atoms with E-state index >= 15 is 0 Å². The largest absolute Gasteiger partial charge is 0.360 e. The van der Waals surface area contributed by atoms with Crippen molar-refractivity contribution in [3.8, 4) is 0 Å². The van der Waals surface area contributed by atoms with Crippen LogP contribution < -0.4 is 5.32 Å². The number of carbonyl (C=O) groups excluding carboxylic acids is 1. The van der Waals surface area contributed by atoms with Gasteiger partial charge in [-0.3, -0.25) is 9.69 Å². The summed E-state index contributed by atoms with van der Waals surface area (Å²) in [6, 6.07) is 9.32. The molecular formula is C18H24N4O. The quantitative estimate of drug-likeness (QED) is 0.887. The first-order chi connectivity index (χ1) is 11.1. The maximum atomic E-state index is 12.7. The number of likely N-dealkylation sites (tertiary alicyclic amines) is 1. The highest BCUT2D eigenvalue weighted by atomic mass is 16.1. The Labute approximate surface area is 136 Å². The van der Waals surface area contributed by atoms with Gasteiger partial charge in [-0.2, -0.15) is 0 Å². The van der Waals surface area contributed by atoms with Gasteiger partial charge in [0.2, 0.25) is 0 Å². The third-order valence-electron chi connectivity index (χ3n) is 5.48. The molecule has 0 spiro atoms. The van der Waals surface area contributed by atoms with Gasteiger partial charge in [0.1, 0.15) is 0 Å². The fourth-order valence-electron chi connectivity index (χ4n) is 4.22. The normalized spacial score (nSPS) is 28.9. The van der Waals surface area contributed by atoms with Crippen LogP contribution in [0, 0.1) is 0 Å². The van der Waals surface area contributed by atoms with Crippen LogP contribution in [0.25, 0.3) is 10.9 Å². The number of piperidine rings is 1. The molecule has 2 aromatic rings. The fourth-order valence-corrected chi connectivity index (χ4v) is 4.22. The van der Waals surface area contributed by atoms with E-state index in [2.05, 4.69) is 34.2 Å². The third-order valence-corrected chi connectivity index (χ3v) is 5.48. The zero-order valence-corrected chi connectivity index (χ0v) is 13.7. The molecule has 122 valence electrons. The van der Waals surface area contributed by atoms with Crippen LogP contribution in [0.2, 0.25) is 0 Å². The van der Waals surface area contributed by atoms with E-state index in [4.69, 9.17) is 0 Å². The van der Waals surface area contributed by atoms with Crippen LogP contribution in [0.15, 0.2) is 30.5 Å². The molecule has 23 heavy (non-hydrogen) atoms. The van der Waals surface area contributed by atoms with E-state index < -0.39 is 0 Å². The van der Waals surface area contributed by atoms with Crippen LogP contribution in [-0.2, 0) is 0 Å². The van der Waals surface area contributed by atoms with Crippen molar-refractivity contribution in [1.82, 2.24) is 20.1 Å². The molecule has 1 aromatic heterocycles. The lowest BCUT2D eigenvalue weighted by molar-refractivity contribution is 0.00842. The van der Waals surface area contributed by atoms with E-state index in [-0.39, 0.29) is 11.9 Å². The fraction of sp³-hybridized carbons (Fsp3) is 0.500. The molecule has 5 nitrogen and oxygen atoms in total. The minimum absolute atomic E-state index is 0.0448. The van der Waals surface area contributed by atoms with E-state index in [1.165, 1.54) is 0 Å². The van der Waals surface area contributed by atoms with Crippen molar-refractivity contribution in [2.75, 3.05) is 27.2 Å². The van der Waals surface area contributed by atoms with Crippen LogP contribution in [0.3, 0.4) is 0 Å². The van der Waals surface area contributed by atoms with Crippen molar-refractivity contribution < 1.29 is 4.79 Å². The van der Waals surface area contributed by atoms with Gasteiger partial charge in [0, 0.05) is 48.3 Å². The van der Waals surface area contributed by atoms with Gasteiger partial charge >= 0.3 is 0 Å². The molecule has 2 unspecified atom stereocenters. The lowest BCUT2D eigenvalue weighted by Crippen LogP contribution is -2.63. The average Bonchev–Trinajstić information content (AvgIpc) is 2.93. The molecule has 0 aliphatic carbocycles. The van der Waals surface area contributed by atoms with Gasteiger partial charge in [-0.25, -0.2) is 0 Å². The Morgan fingerprint density at radius 1 is 1.17 bits per heavy atom. The molecule has 0 radical (unpaired) electrons. The predicted octanol–water partition coefficient (Wildman–Crippen LogP) is 1.67. The number of H-pyrrole nitrogens is 1. The number of carbonyl (C=O) groups is 1. The number of rotatable bonds is 2. The Balaban J connectivity index is 1.49. The monoisotopic (exact) mass is 312 g/mol. The van der Waals surface area contributed by atoms with Gasteiger partial charge in [-0.05, 0) is 33.0 Å². The Kier molecular flexibility index (Phi) is 3.62. The molecule has 3 heterocycles. The second kappa shape index (κ2) is 5.65. The smallest absolute Gasteiger partial charge is 0.253 e. The highest BCUT2D eigenvalue weighted by Crippen LogP contribution is 2.27. The standard InChI is InChI=1S/C18H24N4O/c1-21-10-13-7-12(8-14(11-21)22(13)2)20-18(23)16-9-19-17-6-4-3-5-15(16)17/h3-6,9,12-14,19H,7-8,10-11H2,1-2H3,(H,20,23). The molecule has 2 saturated heterocycles. The predicted molar refractivity (Wildman–Crippen MR) is 91.6 cm³/mol. The summed E-state index contributed by atoms with van der Waals surface area (Å²) in [7, 11) is 4.41. The Hall–Kier alpha value is -1.85. The second-order valence-corrected chi connectivity index (χ2v) is 7.08. The van der Waals surface area contributed by atoms with Gasteiger partial charge in [0.25, 0.3) is 5.91 Å². The molecule has 2 aliphatic heterocycles. The van der Waals surface area contributed by atoms with Gasteiger partial charge in [-0.1, -0.05) is 18.2 Å². The summed E-state index contributed by atoms with van der Waals surface area (Å²) < 4.78 is 0. The van der Waals surface area contributed by atoms with E-state index in [1.807, 2.05) is 30.5 Å². The van der Waals surface area contributed by atoms with Crippen LogP contribution in [0.4, 0.5) is 0 Å². The lowest BCUT2D eigenvalue weighted by Gasteiger charge is -2.50. The number of hydrogen-bond acceptors (Lipinski definition) is 3. The Morgan fingerprint density at radius 2 is 1.87 bits per heavy atom. The van der Waals surface area contributed by atoms with Crippen LogP contribution in [-0.4, -0.2) is 66.0 Å². The number of nitrogens with zero attached hydrogens (tertiary/aromatic N) is 2. The number of benzene rings is 1. The third kappa shape index (κ3) is 2.64. The molecule has 2 fully saturated rings. The second-order valence-electron chi connectivity index (χ2n) is 7.08. The number of nitrogens with one attached hydrogen (secondary N) is 2. The number of likely N-dealkylation sites (N-methyl/N-ethyl adjacent to an activating group) is 2. The van der Waals surface area contributed by atoms with Gasteiger partial charge in [0.15, 0.2) is 0 Å². The molecule has 2 bridgehead atoms. The number of para-hydroxylation sites is 1. The SMILES string of the molecule is CN1CC2CC(NC(=O)c3c[nH]c4ccccc34)CC(C1)N2C. The molecule has 4 rings (SSSR count). The van der Waals surface area contributed by atoms with E-state index in [0.29, 0.717) is 12.1 Å². The molecule has 1 aromatic carbocycles. The summed E-state index contributed by atoms with van der Waals surface area (Å²) in [6.07, 6.45) is 3.89. The number of aromatic nitrogens is 1. The van der Waals surface area contributed by atoms with E-state index in [1.54, 1.807) is 0 Å². The lowest BCUT2D eigenvalue weighted by atomic mass is 9.88. The van der Waals surface area contributed by atoms with Crippen molar-refractivity contribution in [1.29, 1.82) is 0 Å². The highest BCUT2D eigenvalue weighted by molar-refractivity contribution is 6.06. The maximum absolute atomic E-state index is 12.7. The van der Waals surface area contributed by atoms with Crippen LogP contribution in [0.5, 0.6) is 0 Å². The van der Waals surface area contributed by atoms with Gasteiger partial charge in [-0.15, -0.1) is 0 Å². The number of hydrogen-bond donors (Lipinski definition) is 2. The number of piperazine rings is 1. The van der Waals surface area contributed by atoms with E-state index in [9.17, 15) is 4.79 Å². The van der Waals surface area contributed by atoms with Crippen LogP contribution >= 0.6 is 0 Å². The maximum Gasteiger partial charge on any atom is 0.253 e. The van der Waals surface area contributed by atoms with E-state index in [0.717, 1.165) is 42.4 Å². The summed E-state index contributed by atoms with van der Waals surface area (Å²) in [5, 5.41) is 4.27. The molecule has 5 heteroatoms. The summed E-state index contributed by atoms with van der Waals surface area (Å²) >= 11 is 0. The number of amides is 1. The first-order valence-electron chi connectivity index (χ1n) is 8.39. The highest BCUT2D eigenvalue weighted by Gasteiger charge is 2.38. The summed E-state index contributed by atoms with van der Waals surface area (Å²) in [4.78, 5) is 20.8. The number of fused-ring (bicyclic) bond motifs is 3. The Bertz CT molecular complexity index is 709. The zero-order chi connectivity index (χ0) is 16.0.